The summed E-state index contributed by atoms with van der Waals surface area (Å²) >= 11 is 5.93. The van der Waals surface area contributed by atoms with Gasteiger partial charge in [0.15, 0.2) is 0 Å². The summed E-state index contributed by atoms with van der Waals surface area (Å²) in [5, 5.41) is 3.93. The van der Waals surface area contributed by atoms with Gasteiger partial charge in [-0.2, -0.15) is 0 Å². The van der Waals surface area contributed by atoms with Crippen molar-refractivity contribution in [1.29, 1.82) is 0 Å². The van der Waals surface area contributed by atoms with Gasteiger partial charge in [0.05, 0.1) is 5.92 Å². The molecular formula is C18H27ClN2O. The van der Waals surface area contributed by atoms with Crippen molar-refractivity contribution in [3.05, 3.63) is 34.9 Å². The van der Waals surface area contributed by atoms with Crippen LogP contribution in [0.25, 0.3) is 0 Å². The smallest absolute Gasteiger partial charge is 0.224 e. The Bertz CT molecular complexity index is 474. The van der Waals surface area contributed by atoms with E-state index in [0.29, 0.717) is 0 Å². The molecule has 1 N–H and O–H groups in total. The van der Waals surface area contributed by atoms with Crippen molar-refractivity contribution in [2.24, 2.45) is 5.92 Å². The topological polar surface area (TPSA) is 32.3 Å². The summed E-state index contributed by atoms with van der Waals surface area (Å²) in [5.41, 5.74) is 1.25. The minimum Gasteiger partial charge on any atom is -0.353 e. The maximum absolute atomic E-state index is 12.4. The number of benzene rings is 1. The number of nitrogens with one attached hydrogen (secondary N) is 1. The van der Waals surface area contributed by atoms with Gasteiger partial charge in [0.1, 0.15) is 0 Å². The van der Waals surface area contributed by atoms with Crippen LogP contribution in [0.15, 0.2) is 24.3 Å². The third-order valence-corrected chi connectivity index (χ3v) is 4.56. The molecule has 4 heteroatoms. The highest BCUT2D eigenvalue weighted by Crippen LogP contribution is 2.20. The quantitative estimate of drug-likeness (QED) is 0.862. The Hall–Kier alpha value is -1.06. The molecule has 1 aliphatic heterocycles. The van der Waals surface area contributed by atoms with Crippen LogP contribution in [0.5, 0.6) is 0 Å². The number of hydrogen-bond donors (Lipinski definition) is 1. The second kappa shape index (κ2) is 8.54. The first kappa shape index (κ1) is 17.3. The van der Waals surface area contributed by atoms with Crippen molar-refractivity contribution in [3.8, 4) is 0 Å². The second-order valence-electron chi connectivity index (χ2n) is 6.40. The van der Waals surface area contributed by atoms with E-state index in [0.717, 1.165) is 50.3 Å². The summed E-state index contributed by atoms with van der Waals surface area (Å²) in [4.78, 5) is 14.7. The molecule has 0 saturated carbocycles. The Morgan fingerprint density at radius 2 is 2.14 bits per heavy atom. The number of carbonyl (C=O) groups is 1. The fourth-order valence-electron chi connectivity index (χ4n) is 3.13. The van der Waals surface area contributed by atoms with E-state index in [2.05, 4.69) is 36.2 Å². The molecule has 1 aromatic rings. The molecule has 0 radical (unpaired) electrons. The Kier molecular flexibility index (Phi) is 6.71. The minimum absolute atomic E-state index is 0.125. The van der Waals surface area contributed by atoms with Crippen molar-refractivity contribution >= 4 is 17.5 Å². The van der Waals surface area contributed by atoms with Gasteiger partial charge in [-0.1, -0.05) is 37.1 Å². The number of amides is 1. The van der Waals surface area contributed by atoms with Gasteiger partial charge in [-0.15, -0.1) is 0 Å². The van der Waals surface area contributed by atoms with Gasteiger partial charge in [0.2, 0.25) is 5.91 Å². The van der Waals surface area contributed by atoms with Gasteiger partial charge < -0.3 is 5.32 Å². The molecule has 2 atom stereocenters. The fraction of sp³-hybridized carbons (Fsp3) is 0.611. The number of carbonyl (C=O) groups excluding carboxylic acids is 1. The molecule has 1 heterocycles. The van der Waals surface area contributed by atoms with Crippen LogP contribution in [-0.2, 0) is 11.3 Å². The maximum Gasteiger partial charge on any atom is 0.224 e. The van der Waals surface area contributed by atoms with E-state index in [1.54, 1.807) is 0 Å². The molecule has 0 aromatic heterocycles. The van der Waals surface area contributed by atoms with Gasteiger partial charge in [0, 0.05) is 24.2 Å². The van der Waals surface area contributed by atoms with E-state index in [1.807, 2.05) is 12.1 Å². The molecule has 122 valence electrons. The first-order valence-electron chi connectivity index (χ1n) is 8.35. The standard InChI is InChI=1S/C18H27ClN2O/c1-3-5-14(2)20-18(22)16-6-4-11-21(13-16)12-15-7-9-17(19)10-8-15/h7-10,14,16H,3-6,11-13H2,1-2H3,(H,20,22)/t14-,16+/m0/s1. The molecule has 22 heavy (non-hydrogen) atoms. The normalized spacial score (nSPS) is 20.6. The zero-order chi connectivity index (χ0) is 15.9. The summed E-state index contributed by atoms with van der Waals surface area (Å²) in [6.07, 6.45) is 4.25. The van der Waals surface area contributed by atoms with Crippen LogP contribution in [0, 0.1) is 5.92 Å². The molecule has 1 aliphatic rings. The Morgan fingerprint density at radius 1 is 1.41 bits per heavy atom. The van der Waals surface area contributed by atoms with Gasteiger partial charge in [-0.05, 0) is 50.4 Å². The van der Waals surface area contributed by atoms with Crippen LogP contribution < -0.4 is 5.32 Å². The first-order chi connectivity index (χ1) is 10.6. The molecule has 0 unspecified atom stereocenters. The van der Waals surface area contributed by atoms with E-state index in [4.69, 9.17) is 11.6 Å². The average Bonchev–Trinajstić information content (AvgIpc) is 2.50. The molecule has 3 nitrogen and oxygen atoms in total. The van der Waals surface area contributed by atoms with E-state index in [-0.39, 0.29) is 17.9 Å². The molecule has 1 amide bonds. The van der Waals surface area contributed by atoms with Crippen LogP contribution in [0.1, 0.15) is 45.1 Å². The largest absolute Gasteiger partial charge is 0.353 e. The van der Waals surface area contributed by atoms with Gasteiger partial charge >= 0.3 is 0 Å². The highest BCUT2D eigenvalue weighted by molar-refractivity contribution is 6.30. The number of halogens is 1. The molecule has 1 aromatic carbocycles. The molecule has 0 spiro atoms. The monoisotopic (exact) mass is 322 g/mol. The number of likely N-dealkylation sites (tertiary alicyclic amines) is 1. The predicted octanol–water partition coefficient (Wildman–Crippen LogP) is 3.86. The lowest BCUT2D eigenvalue weighted by molar-refractivity contribution is -0.127. The van der Waals surface area contributed by atoms with Crippen LogP contribution in [0.3, 0.4) is 0 Å². The lowest BCUT2D eigenvalue weighted by Gasteiger charge is -2.32. The van der Waals surface area contributed by atoms with Crippen LogP contribution >= 0.6 is 11.6 Å². The van der Waals surface area contributed by atoms with Gasteiger partial charge in [-0.25, -0.2) is 0 Å². The third-order valence-electron chi connectivity index (χ3n) is 4.31. The summed E-state index contributed by atoms with van der Waals surface area (Å²) < 4.78 is 0. The summed E-state index contributed by atoms with van der Waals surface area (Å²) in [6, 6.07) is 8.27. The highest BCUT2D eigenvalue weighted by atomic mass is 35.5. The fourth-order valence-corrected chi connectivity index (χ4v) is 3.25. The van der Waals surface area contributed by atoms with Crippen molar-refractivity contribution in [3.63, 3.8) is 0 Å². The summed E-state index contributed by atoms with van der Waals surface area (Å²) in [7, 11) is 0. The SMILES string of the molecule is CCC[C@H](C)NC(=O)[C@@H]1CCCN(Cc2ccc(Cl)cc2)C1. The van der Waals surface area contributed by atoms with E-state index in [9.17, 15) is 4.79 Å². The molecule has 2 rings (SSSR count). The number of hydrogen-bond acceptors (Lipinski definition) is 2. The lowest BCUT2D eigenvalue weighted by atomic mass is 9.96. The summed E-state index contributed by atoms with van der Waals surface area (Å²) in [6.45, 7) is 7.06. The zero-order valence-corrected chi connectivity index (χ0v) is 14.4. The van der Waals surface area contributed by atoms with Crippen LogP contribution in [0.4, 0.5) is 0 Å². The Balaban J connectivity index is 1.85. The maximum atomic E-state index is 12.4. The van der Waals surface area contributed by atoms with E-state index in [1.165, 1.54) is 5.56 Å². The summed E-state index contributed by atoms with van der Waals surface area (Å²) in [5.74, 6) is 0.349. The van der Waals surface area contributed by atoms with Gasteiger partial charge in [0.25, 0.3) is 0 Å². The first-order valence-corrected chi connectivity index (χ1v) is 8.73. The van der Waals surface area contributed by atoms with E-state index < -0.39 is 0 Å². The Morgan fingerprint density at radius 3 is 2.82 bits per heavy atom. The van der Waals surface area contributed by atoms with Crippen molar-refractivity contribution in [1.82, 2.24) is 10.2 Å². The van der Waals surface area contributed by atoms with Crippen molar-refractivity contribution < 1.29 is 4.79 Å². The molecule has 0 bridgehead atoms. The van der Waals surface area contributed by atoms with Gasteiger partial charge in [-0.3, -0.25) is 9.69 Å². The molecule has 1 saturated heterocycles. The lowest BCUT2D eigenvalue weighted by Crippen LogP contribution is -2.45. The molecular weight excluding hydrogens is 296 g/mol. The highest BCUT2D eigenvalue weighted by Gasteiger charge is 2.26. The predicted molar refractivity (Wildman–Crippen MR) is 92.0 cm³/mol. The van der Waals surface area contributed by atoms with Crippen LogP contribution in [-0.4, -0.2) is 29.9 Å². The molecule has 0 aliphatic carbocycles. The number of piperidine rings is 1. The zero-order valence-electron chi connectivity index (χ0n) is 13.6. The van der Waals surface area contributed by atoms with E-state index >= 15 is 0 Å². The minimum atomic E-state index is 0.125. The Labute approximate surface area is 139 Å². The third kappa shape index (κ3) is 5.29. The van der Waals surface area contributed by atoms with Crippen molar-refractivity contribution in [2.45, 2.75) is 52.1 Å². The average molecular weight is 323 g/mol. The second-order valence-corrected chi connectivity index (χ2v) is 6.84. The number of rotatable bonds is 6. The van der Waals surface area contributed by atoms with Crippen LogP contribution in [0.2, 0.25) is 5.02 Å². The number of nitrogens with zero attached hydrogens (tertiary/aromatic N) is 1. The van der Waals surface area contributed by atoms with Crippen molar-refractivity contribution in [2.75, 3.05) is 13.1 Å². The molecule has 1 fully saturated rings.